The molecule has 160 valence electrons. The van der Waals surface area contributed by atoms with Crippen LogP contribution in [0.4, 0.5) is 0 Å². The highest BCUT2D eigenvalue weighted by Gasteiger charge is 2.20. The Balaban J connectivity index is 0.000000215. The van der Waals surface area contributed by atoms with E-state index in [0.717, 1.165) is 12.8 Å². The minimum absolute atomic E-state index is 0.335. The lowest BCUT2D eigenvalue weighted by Gasteiger charge is -2.19. The second kappa shape index (κ2) is 12.8. The van der Waals surface area contributed by atoms with E-state index >= 15 is 0 Å². The van der Waals surface area contributed by atoms with Crippen molar-refractivity contribution in [3.05, 3.63) is 98.4 Å². The molecule has 8 heteroatoms. The Hall–Kier alpha value is -0.910. The van der Waals surface area contributed by atoms with Gasteiger partial charge in [0.05, 0.1) is 10.0 Å². The molecular formula is C22H22BrCl2O3PS. The number of hydrogen-bond donors (Lipinski definition) is 0. The molecule has 0 N–H and O–H groups in total. The molecule has 0 atom stereocenters. The molecule has 0 aliphatic carbocycles. The fourth-order valence-electron chi connectivity index (χ4n) is 2.42. The van der Waals surface area contributed by atoms with Gasteiger partial charge in [0, 0.05) is 36.6 Å². The minimum Gasteiger partial charge on any atom is -0.422 e. The van der Waals surface area contributed by atoms with Gasteiger partial charge >= 0.3 is 6.72 Å². The first kappa shape index (κ1) is 25.4. The van der Waals surface area contributed by atoms with Crippen molar-refractivity contribution < 1.29 is 13.6 Å². The Kier molecular flexibility index (Phi) is 10.8. The second-order valence-electron chi connectivity index (χ2n) is 6.07. The molecule has 0 aromatic heterocycles. The first-order valence-electron chi connectivity index (χ1n) is 9.00. The summed E-state index contributed by atoms with van der Waals surface area (Å²) >= 11 is 20.2. The van der Waals surface area contributed by atoms with E-state index in [1.165, 1.54) is 25.3 Å². The molecule has 0 heterocycles. The maximum Gasteiger partial charge on any atom is 0.380 e. The summed E-state index contributed by atoms with van der Waals surface area (Å²) < 4.78 is 16.1. The predicted molar refractivity (Wildman–Crippen MR) is 133 cm³/mol. The SMILES string of the molecule is COP(=S)(OC)Oc1cc(Cl)c(Br)cc1Cl.c1ccc(CCc2ccccc2)cc1. The van der Waals surface area contributed by atoms with Crippen LogP contribution >= 0.6 is 45.9 Å². The number of halogens is 3. The quantitative estimate of drug-likeness (QED) is 0.220. The molecule has 0 spiro atoms. The third kappa shape index (κ3) is 8.32. The van der Waals surface area contributed by atoms with Gasteiger partial charge in [-0.05, 0) is 46.0 Å². The van der Waals surface area contributed by atoms with E-state index in [0.29, 0.717) is 20.3 Å². The van der Waals surface area contributed by atoms with E-state index in [4.69, 9.17) is 48.6 Å². The van der Waals surface area contributed by atoms with Crippen LogP contribution in [0.15, 0.2) is 77.3 Å². The molecular weight excluding hydrogens is 526 g/mol. The first-order chi connectivity index (χ1) is 14.4. The second-order valence-corrected chi connectivity index (χ2v) is 10.9. The average molecular weight is 548 g/mol. The van der Waals surface area contributed by atoms with Crippen LogP contribution < -0.4 is 4.52 Å². The Bertz CT molecular complexity index is 927. The molecule has 3 aromatic carbocycles. The highest BCUT2D eigenvalue weighted by Crippen LogP contribution is 2.50. The van der Waals surface area contributed by atoms with E-state index in [1.54, 1.807) is 12.1 Å². The van der Waals surface area contributed by atoms with Crippen molar-refractivity contribution in [3.63, 3.8) is 0 Å². The summed E-state index contributed by atoms with van der Waals surface area (Å²) in [5.74, 6) is 0.335. The molecule has 0 saturated carbocycles. The summed E-state index contributed by atoms with van der Waals surface area (Å²) in [5, 5.41) is 0.841. The lowest BCUT2D eigenvalue weighted by Crippen LogP contribution is -1.97. The predicted octanol–water partition coefficient (Wildman–Crippen LogP) is 8.12. The minimum atomic E-state index is -2.79. The Labute approximate surface area is 201 Å². The zero-order chi connectivity index (χ0) is 22.0. The molecule has 3 rings (SSSR count). The summed E-state index contributed by atoms with van der Waals surface area (Å²) in [5.41, 5.74) is 2.83. The van der Waals surface area contributed by atoms with Gasteiger partial charge in [-0.1, -0.05) is 83.9 Å². The molecule has 0 saturated heterocycles. The Morgan fingerprint density at radius 1 is 0.800 bits per heavy atom. The van der Waals surface area contributed by atoms with Crippen molar-refractivity contribution in [1.29, 1.82) is 0 Å². The number of aryl methyl sites for hydroxylation is 2. The fraction of sp³-hybridized carbons (Fsp3) is 0.182. The van der Waals surface area contributed by atoms with Crippen LogP contribution in [0.3, 0.4) is 0 Å². The maximum absolute atomic E-state index is 5.97. The lowest BCUT2D eigenvalue weighted by molar-refractivity contribution is 0.273. The molecule has 0 amide bonds. The largest absolute Gasteiger partial charge is 0.422 e. The van der Waals surface area contributed by atoms with Crippen molar-refractivity contribution in [2.24, 2.45) is 0 Å². The van der Waals surface area contributed by atoms with Gasteiger partial charge < -0.3 is 13.6 Å². The monoisotopic (exact) mass is 546 g/mol. The highest BCUT2D eigenvalue weighted by molar-refractivity contribution is 9.10. The molecule has 3 nitrogen and oxygen atoms in total. The maximum atomic E-state index is 5.97. The third-order valence-corrected chi connectivity index (χ3v) is 7.95. The highest BCUT2D eigenvalue weighted by atomic mass is 79.9. The van der Waals surface area contributed by atoms with Crippen molar-refractivity contribution in [1.82, 2.24) is 0 Å². The third-order valence-electron chi connectivity index (χ3n) is 4.02. The van der Waals surface area contributed by atoms with Gasteiger partial charge in [0.25, 0.3) is 0 Å². The lowest BCUT2D eigenvalue weighted by atomic mass is 10.0. The summed E-state index contributed by atoms with van der Waals surface area (Å²) in [6.45, 7) is -2.79. The molecule has 0 aliphatic rings. The normalized spacial score (nSPS) is 10.8. The molecule has 30 heavy (non-hydrogen) atoms. The molecule has 0 radical (unpaired) electrons. The van der Waals surface area contributed by atoms with Crippen LogP contribution in [-0.2, 0) is 33.7 Å². The van der Waals surface area contributed by atoms with Gasteiger partial charge in [-0.25, -0.2) is 0 Å². The van der Waals surface area contributed by atoms with Gasteiger partial charge in [-0.15, -0.1) is 0 Å². The van der Waals surface area contributed by atoms with Crippen LogP contribution in [0.5, 0.6) is 5.75 Å². The average Bonchev–Trinajstić information content (AvgIpc) is 2.78. The molecule has 0 bridgehead atoms. The summed E-state index contributed by atoms with van der Waals surface area (Å²) in [6.07, 6.45) is 2.26. The van der Waals surface area contributed by atoms with Gasteiger partial charge in [0.2, 0.25) is 0 Å². The number of hydrogen-bond acceptors (Lipinski definition) is 4. The van der Waals surface area contributed by atoms with E-state index in [1.807, 2.05) is 0 Å². The van der Waals surface area contributed by atoms with Gasteiger partial charge in [0.1, 0.15) is 5.75 Å². The summed E-state index contributed by atoms with van der Waals surface area (Å²) in [7, 11) is 2.83. The van der Waals surface area contributed by atoms with Crippen molar-refractivity contribution in [2.75, 3.05) is 14.2 Å². The van der Waals surface area contributed by atoms with E-state index < -0.39 is 6.72 Å². The van der Waals surface area contributed by atoms with Crippen molar-refractivity contribution in [3.8, 4) is 5.75 Å². The zero-order valence-electron chi connectivity index (χ0n) is 16.6. The van der Waals surface area contributed by atoms with Crippen LogP contribution in [-0.4, -0.2) is 14.2 Å². The van der Waals surface area contributed by atoms with Crippen LogP contribution in [0.2, 0.25) is 10.0 Å². The smallest absolute Gasteiger partial charge is 0.380 e. The van der Waals surface area contributed by atoms with Crippen LogP contribution in [0.1, 0.15) is 11.1 Å². The molecule has 0 unspecified atom stereocenters. The van der Waals surface area contributed by atoms with E-state index in [2.05, 4.69) is 76.6 Å². The van der Waals surface area contributed by atoms with Gasteiger partial charge in [0.15, 0.2) is 0 Å². The van der Waals surface area contributed by atoms with Gasteiger partial charge in [-0.2, -0.15) is 0 Å². The van der Waals surface area contributed by atoms with Crippen molar-refractivity contribution >= 4 is 57.7 Å². The summed E-state index contributed by atoms with van der Waals surface area (Å²) in [4.78, 5) is 0. The molecule has 0 aliphatic heterocycles. The zero-order valence-corrected chi connectivity index (χ0v) is 21.4. The molecule has 3 aromatic rings. The van der Waals surface area contributed by atoms with E-state index in [9.17, 15) is 0 Å². The van der Waals surface area contributed by atoms with Gasteiger partial charge in [-0.3, -0.25) is 0 Å². The van der Waals surface area contributed by atoms with E-state index in [-0.39, 0.29) is 0 Å². The fourth-order valence-corrected chi connectivity index (χ4v) is 4.24. The standard InChI is InChI=1S/C14H14.C8H8BrCl2O3PS/c1-3-7-13(8-4-1)11-12-14-9-5-2-6-10-14;1-12-15(16,13-2)14-8-4-6(10)5(9)3-7(8)11/h1-10H,11-12H2;3-4H,1-2H3. The first-order valence-corrected chi connectivity index (χ1v) is 13.1. The number of rotatable bonds is 7. The molecule has 0 fully saturated rings. The van der Waals surface area contributed by atoms with Crippen molar-refractivity contribution in [2.45, 2.75) is 12.8 Å². The Morgan fingerprint density at radius 2 is 1.27 bits per heavy atom. The number of benzene rings is 3. The van der Waals surface area contributed by atoms with Crippen LogP contribution in [0.25, 0.3) is 0 Å². The van der Waals surface area contributed by atoms with Crippen LogP contribution in [0, 0.1) is 0 Å². The Morgan fingerprint density at radius 3 is 1.70 bits per heavy atom. The topological polar surface area (TPSA) is 27.7 Å². The summed E-state index contributed by atoms with van der Waals surface area (Å²) in [6, 6.07) is 24.4.